The van der Waals surface area contributed by atoms with Gasteiger partial charge in [0.1, 0.15) is 5.82 Å². The zero-order valence-electron chi connectivity index (χ0n) is 30.7. The van der Waals surface area contributed by atoms with E-state index >= 15 is 4.57 Å². The molecule has 0 bridgehead atoms. The number of benzene rings is 3. The first-order valence-electron chi connectivity index (χ1n) is 18.0. The zero-order chi connectivity index (χ0) is 37.5. The highest BCUT2D eigenvalue weighted by Crippen LogP contribution is 2.40. The lowest BCUT2D eigenvalue weighted by molar-refractivity contribution is 0.250. The predicted molar refractivity (Wildman–Crippen MR) is 218 cm³/mol. The Morgan fingerprint density at radius 3 is 2.13 bits per heavy atom. The maximum absolute atomic E-state index is 15.2. The number of aryl methyl sites for hydroxylation is 1. The number of fused-ring (bicyclic) bond motifs is 3. The first-order valence-corrected chi connectivity index (χ1v) is 19.7. The molecule has 0 amide bonds. The van der Waals surface area contributed by atoms with Gasteiger partial charge in [-0.25, -0.2) is 4.98 Å². The second-order valence-corrected chi connectivity index (χ2v) is 15.8. The summed E-state index contributed by atoms with van der Waals surface area (Å²) in [5.41, 5.74) is 11.1. The Morgan fingerprint density at radius 2 is 1.46 bits per heavy atom. The maximum Gasteiger partial charge on any atom is 0.204 e. The monoisotopic (exact) mass is 737 g/mol. The van der Waals surface area contributed by atoms with Crippen molar-refractivity contribution in [2.45, 2.75) is 32.4 Å². The van der Waals surface area contributed by atoms with Gasteiger partial charge in [-0.2, -0.15) is 0 Å². The van der Waals surface area contributed by atoms with E-state index in [1.54, 1.807) is 20.4 Å². The van der Waals surface area contributed by atoms with Crippen LogP contribution in [0.1, 0.15) is 24.5 Å². The summed E-state index contributed by atoms with van der Waals surface area (Å²) in [5, 5.41) is 7.82. The summed E-state index contributed by atoms with van der Waals surface area (Å²) in [5.74, 6) is 1.59. The second kappa shape index (κ2) is 16.6. The maximum atomic E-state index is 15.2. The van der Waals surface area contributed by atoms with E-state index in [9.17, 15) is 0 Å². The SMILES string of the molecule is CCN(Cc1ccncc1)C[C@@H](CCc1cncc(-c2cc3c(cnc4cc(OC)c(OC)cc43)c(N)n2)c1)NP(=O)(c1ccccc1)c1ccccc1. The molecule has 0 saturated carbocycles. The smallest absolute Gasteiger partial charge is 0.204 e. The number of likely N-dealkylation sites (N-methyl/N-ethyl adjacent to an activating group) is 1. The average Bonchev–Trinajstić information content (AvgIpc) is 3.22. The van der Waals surface area contributed by atoms with Crippen LogP contribution < -0.4 is 30.9 Å². The number of nitrogen functional groups attached to an aromatic ring is 1. The van der Waals surface area contributed by atoms with Crippen LogP contribution in [0.5, 0.6) is 11.5 Å². The Morgan fingerprint density at radius 1 is 0.778 bits per heavy atom. The van der Waals surface area contributed by atoms with Crippen molar-refractivity contribution in [3.8, 4) is 22.8 Å². The van der Waals surface area contributed by atoms with E-state index in [4.69, 9.17) is 20.2 Å². The molecule has 1 atom stereocenters. The number of hydrogen-bond donors (Lipinski definition) is 2. The van der Waals surface area contributed by atoms with Crippen LogP contribution in [0.4, 0.5) is 5.82 Å². The van der Waals surface area contributed by atoms with Crippen LogP contribution in [0, 0.1) is 0 Å². The summed E-state index contributed by atoms with van der Waals surface area (Å²) in [6.07, 6.45) is 10.5. The number of aromatic nitrogens is 4. The molecule has 0 aliphatic heterocycles. The first-order chi connectivity index (χ1) is 26.4. The predicted octanol–water partition coefficient (Wildman–Crippen LogP) is 7.18. The van der Waals surface area contributed by atoms with Gasteiger partial charge in [0.15, 0.2) is 11.5 Å². The molecule has 0 aliphatic carbocycles. The fourth-order valence-electron chi connectivity index (χ4n) is 6.90. The Kier molecular flexibility index (Phi) is 11.2. The lowest BCUT2D eigenvalue weighted by Gasteiger charge is -2.31. The van der Waals surface area contributed by atoms with Crippen molar-refractivity contribution in [2.75, 3.05) is 33.0 Å². The van der Waals surface area contributed by atoms with Gasteiger partial charge in [0.2, 0.25) is 7.29 Å². The number of ether oxygens (including phenoxy) is 2. The summed E-state index contributed by atoms with van der Waals surface area (Å²) < 4.78 is 26.3. The Hall–Kier alpha value is -5.67. The van der Waals surface area contributed by atoms with E-state index in [1.807, 2.05) is 116 Å². The lowest BCUT2D eigenvalue weighted by atomic mass is 10.0. The van der Waals surface area contributed by atoms with Crippen LogP contribution in [0.3, 0.4) is 0 Å². The van der Waals surface area contributed by atoms with E-state index in [-0.39, 0.29) is 6.04 Å². The van der Waals surface area contributed by atoms with Gasteiger partial charge in [0.25, 0.3) is 0 Å². The highest BCUT2D eigenvalue weighted by atomic mass is 31.2. The van der Waals surface area contributed by atoms with Crippen molar-refractivity contribution in [1.29, 1.82) is 0 Å². The van der Waals surface area contributed by atoms with Crippen molar-refractivity contribution in [3.63, 3.8) is 0 Å². The van der Waals surface area contributed by atoms with Gasteiger partial charge in [-0.1, -0.05) is 43.3 Å². The van der Waals surface area contributed by atoms with Crippen LogP contribution in [0.15, 0.2) is 128 Å². The quantitative estimate of drug-likeness (QED) is 0.0825. The second-order valence-electron chi connectivity index (χ2n) is 13.2. The van der Waals surface area contributed by atoms with Crippen molar-refractivity contribution in [2.24, 2.45) is 0 Å². The minimum atomic E-state index is -3.22. The van der Waals surface area contributed by atoms with Gasteiger partial charge in [-0.15, -0.1) is 0 Å². The Balaban J connectivity index is 1.21. The van der Waals surface area contributed by atoms with Gasteiger partial charge in [0, 0.05) is 83.1 Å². The molecule has 0 unspecified atom stereocenters. The normalized spacial score (nSPS) is 12.3. The van der Waals surface area contributed by atoms with Crippen LogP contribution in [-0.2, 0) is 17.5 Å². The summed E-state index contributed by atoms with van der Waals surface area (Å²) in [6.45, 7) is 4.44. The molecule has 54 heavy (non-hydrogen) atoms. The van der Waals surface area contributed by atoms with Crippen LogP contribution in [0.25, 0.3) is 32.9 Å². The van der Waals surface area contributed by atoms with Crippen molar-refractivity contribution >= 4 is 45.4 Å². The number of methoxy groups -OCH3 is 2. The van der Waals surface area contributed by atoms with Gasteiger partial charge in [-0.3, -0.25) is 29.5 Å². The molecule has 4 aromatic heterocycles. The van der Waals surface area contributed by atoms with E-state index in [0.29, 0.717) is 42.4 Å². The molecule has 0 saturated heterocycles. The molecular weight excluding hydrogens is 693 g/mol. The lowest BCUT2D eigenvalue weighted by Crippen LogP contribution is -2.43. The van der Waals surface area contributed by atoms with Gasteiger partial charge in [0.05, 0.1) is 25.4 Å². The number of anilines is 1. The minimum absolute atomic E-state index is 0.123. The van der Waals surface area contributed by atoms with E-state index < -0.39 is 7.29 Å². The van der Waals surface area contributed by atoms with Crippen molar-refractivity contribution in [3.05, 3.63) is 139 Å². The third-order valence-corrected chi connectivity index (χ3v) is 12.5. The largest absolute Gasteiger partial charge is 0.493 e. The van der Waals surface area contributed by atoms with Crippen molar-refractivity contribution < 1.29 is 14.0 Å². The van der Waals surface area contributed by atoms with Crippen LogP contribution in [-0.4, -0.2) is 58.2 Å². The highest BCUT2D eigenvalue weighted by Gasteiger charge is 2.31. The summed E-state index contributed by atoms with van der Waals surface area (Å²) in [6, 6.07) is 31.4. The third kappa shape index (κ3) is 7.96. The third-order valence-electron chi connectivity index (χ3n) is 9.77. The minimum Gasteiger partial charge on any atom is -0.493 e. The highest BCUT2D eigenvalue weighted by molar-refractivity contribution is 7.76. The molecule has 7 rings (SSSR count). The molecule has 0 aliphatic rings. The fourth-order valence-corrected chi connectivity index (χ4v) is 9.41. The van der Waals surface area contributed by atoms with E-state index in [2.05, 4.69) is 37.9 Å². The summed E-state index contributed by atoms with van der Waals surface area (Å²) >= 11 is 0. The number of nitrogens with two attached hydrogens (primary N) is 1. The summed E-state index contributed by atoms with van der Waals surface area (Å²) in [7, 11) is 0.00598. The number of pyridine rings is 4. The van der Waals surface area contributed by atoms with E-state index in [0.717, 1.165) is 56.5 Å². The van der Waals surface area contributed by atoms with Gasteiger partial charge < -0.3 is 15.2 Å². The number of rotatable bonds is 15. The Labute approximate surface area is 315 Å². The number of nitrogens with one attached hydrogen (secondary N) is 1. The zero-order valence-corrected chi connectivity index (χ0v) is 31.6. The summed E-state index contributed by atoms with van der Waals surface area (Å²) in [4.78, 5) is 20.6. The molecule has 10 nitrogen and oxygen atoms in total. The molecule has 4 heterocycles. The standard InChI is InChI=1S/C43H44N7O3P/c1-4-50(28-30-17-19-45-20-18-30)29-33(49-54(51,34-11-7-5-8-12-34)35-13-9-6-10-14-35)16-15-31-21-32(26-46-25-31)39-22-36-37-23-41(52-2)42(53-3)24-40(37)47-27-38(36)43(44)48-39/h5-14,17-27,33H,4,15-16,28-29H2,1-3H3,(H2,44,48)(H,49,51)/t33-/m1/s1. The first kappa shape index (κ1) is 36.7. The molecule has 3 aromatic carbocycles. The molecule has 0 radical (unpaired) electrons. The number of hydrogen-bond acceptors (Lipinski definition) is 9. The van der Waals surface area contributed by atoms with Gasteiger partial charge >= 0.3 is 0 Å². The molecule has 3 N–H and O–H groups in total. The topological polar surface area (TPSA) is 128 Å². The molecule has 0 fully saturated rings. The van der Waals surface area contributed by atoms with Crippen LogP contribution in [0.2, 0.25) is 0 Å². The fraction of sp³-hybridized carbons (Fsp3) is 0.209. The Bertz CT molecular complexity index is 2360. The van der Waals surface area contributed by atoms with E-state index in [1.165, 1.54) is 5.56 Å². The van der Waals surface area contributed by atoms with Crippen molar-refractivity contribution in [1.82, 2.24) is 29.9 Å². The molecule has 11 heteroatoms. The van der Waals surface area contributed by atoms with Crippen LogP contribution >= 0.6 is 7.29 Å². The van der Waals surface area contributed by atoms with Gasteiger partial charge in [-0.05, 0) is 90.5 Å². The molecule has 274 valence electrons. The number of nitrogens with zero attached hydrogens (tertiary/aromatic N) is 5. The average molecular weight is 738 g/mol. The molecular formula is C43H44N7O3P. The molecule has 0 spiro atoms. The molecule has 7 aromatic rings.